The maximum Gasteiger partial charge on any atom is 0.283 e. The lowest BCUT2D eigenvalue weighted by atomic mass is 10.3. The lowest BCUT2D eigenvalue weighted by molar-refractivity contribution is 0.0977. The minimum absolute atomic E-state index is 0.0390. The quantitative estimate of drug-likeness (QED) is 0.753. The number of nitrogens with zero attached hydrogens (tertiary/aromatic N) is 1. The summed E-state index contributed by atoms with van der Waals surface area (Å²) < 4.78 is 23.2. The highest BCUT2D eigenvalue weighted by Crippen LogP contribution is 2.04. The number of nitrogens with one attached hydrogen (secondary N) is 1. The molecule has 0 radical (unpaired) electrons. The number of hydrogen-bond donors (Lipinski definition) is 1. The Hall–Kier alpha value is -1.14. The van der Waals surface area contributed by atoms with Crippen molar-refractivity contribution in [3.05, 3.63) is 29.0 Å². The van der Waals surface area contributed by atoms with E-state index in [0.29, 0.717) is 0 Å². The molecular formula is C7H7ClN2O3S. The standard InChI is InChI=1S/C7H7ClN2O3S/c1-14(12,13)10-7(11)5-3-2-4-6(8)9-5/h2-4H,1H3,(H,10,11). The lowest BCUT2D eigenvalue weighted by Crippen LogP contribution is -2.29. The summed E-state index contributed by atoms with van der Waals surface area (Å²) in [7, 11) is -3.57. The molecule has 0 unspecified atom stereocenters. The number of halogens is 1. The van der Waals surface area contributed by atoms with Crippen molar-refractivity contribution in [2.24, 2.45) is 0 Å². The van der Waals surface area contributed by atoms with E-state index in [1.54, 1.807) is 4.72 Å². The average molecular weight is 235 g/mol. The summed E-state index contributed by atoms with van der Waals surface area (Å²) >= 11 is 5.52. The van der Waals surface area contributed by atoms with Gasteiger partial charge in [0.2, 0.25) is 10.0 Å². The van der Waals surface area contributed by atoms with Crippen LogP contribution in [0.3, 0.4) is 0 Å². The number of hydrogen-bond acceptors (Lipinski definition) is 4. The smallest absolute Gasteiger partial charge is 0.266 e. The van der Waals surface area contributed by atoms with Crippen LogP contribution in [0.25, 0.3) is 0 Å². The van der Waals surface area contributed by atoms with Gasteiger partial charge in [0.25, 0.3) is 5.91 Å². The highest BCUT2D eigenvalue weighted by atomic mass is 35.5. The van der Waals surface area contributed by atoms with E-state index in [9.17, 15) is 13.2 Å². The van der Waals surface area contributed by atoms with Gasteiger partial charge in [-0.25, -0.2) is 18.1 Å². The molecule has 0 fully saturated rings. The molecule has 0 aliphatic carbocycles. The van der Waals surface area contributed by atoms with Gasteiger partial charge in [-0.05, 0) is 12.1 Å². The van der Waals surface area contributed by atoms with Crippen molar-refractivity contribution >= 4 is 27.5 Å². The van der Waals surface area contributed by atoms with E-state index in [2.05, 4.69) is 4.98 Å². The molecule has 0 aliphatic heterocycles. The molecule has 5 nitrogen and oxygen atoms in total. The van der Waals surface area contributed by atoms with Crippen molar-refractivity contribution < 1.29 is 13.2 Å². The molecule has 0 atom stereocenters. The first-order chi connectivity index (χ1) is 6.38. The van der Waals surface area contributed by atoms with E-state index in [1.807, 2.05) is 0 Å². The zero-order valence-corrected chi connectivity index (χ0v) is 8.76. The monoisotopic (exact) mass is 234 g/mol. The van der Waals surface area contributed by atoms with Crippen LogP contribution in [0.5, 0.6) is 0 Å². The number of pyridine rings is 1. The van der Waals surface area contributed by atoms with Crippen molar-refractivity contribution in [1.82, 2.24) is 9.71 Å². The fourth-order valence-electron chi connectivity index (χ4n) is 0.755. The fraction of sp³-hybridized carbons (Fsp3) is 0.143. The largest absolute Gasteiger partial charge is 0.283 e. The molecule has 0 saturated carbocycles. The Morgan fingerprint density at radius 2 is 2.14 bits per heavy atom. The summed E-state index contributed by atoms with van der Waals surface area (Å²) in [6.07, 6.45) is 0.884. The molecule has 1 N–H and O–H groups in total. The Morgan fingerprint density at radius 1 is 1.50 bits per heavy atom. The van der Waals surface area contributed by atoms with E-state index in [0.717, 1.165) is 6.26 Å². The average Bonchev–Trinajstić information content (AvgIpc) is 2.01. The molecule has 7 heteroatoms. The molecule has 1 rings (SSSR count). The minimum Gasteiger partial charge on any atom is -0.266 e. The normalized spacial score (nSPS) is 11.0. The van der Waals surface area contributed by atoms with Crippen LogP contribution in [-0.2, 0) is 10.0 Å². The van der Waals surface area contributed by atoms with Crippen molar-refractivity contribution in [2.45, 2.75) is 0 Å². The van der Waals surface area contributed by atoms with E-state index in [1.165, 1.54) is 18.2 Å². The summed E-state index contributed by atoms with van der Waals surface area (Å²) in [4.78, 5) is 14.8. The van der Waals surface area contributed by atoms with Crippen LogP contribution in [0.2, 0.25) is 5.15 Å². The number of amides is 1. The maximum absolute atomic E-state index is 11.2. The second-order valence-electron chi connectivity index (χ2n) is 2.55. The van der Waals surface area contributed by atoms with Crippen LogP contribution in [0.1, 0.15) is 10.5 Å². The van der Waals surface area contributed by atoms with Gasteiger partial charge in [0.15, 0.2) is 0 Å². The predicted octanol–water partition coefficient (Wildman–Crippen LogP) is 0.424. The first kappa shape index (κ1) is 10.9. The highest BCUT2D eigenvalue weighted by Gasteiger charge is 2.11. The molecule has 1 aromatic rings. The number of aromatic nitrogens is 1. The number of sulfonamides is 1. The molecule has 1 aromatic heterocycles. The summed E-state index contributed by atoms with van der Waals surface area (Å²) in [6, 6.07) is 4.36. The number of carbonyl (C=O) groups is 1. The molecule has 1 amide bonds. The molecular weight excluding hydrogens is 228 g/mol. The van der Waals surface area contributed by atoms with E-state index in [4.69, 9.17) is 11.6 Å². The summed E-state index contributed by atoms with van der Waals surface area (Å²) in [5, 5.41) is 0.131. The minimum atomic E-state index is -3.57. The van der Waals surface area contributed by atoms with Crippen LogP contribution in [-0.4, -0.2) is 25.6 Å². The molecule has 76 valence electrons. The Bertz CT molecular complexity index is 458. The number of rotatable bonds is 2. The van der Waals surface area contributed by atoms with Gasteiger partial charge in [-0.3, -0.25) is 4.79 Å². The van der Waals surface area contributed by atoms with Gasteiger partial charge < -0.3 is 0 Å². The van der Waals surface area contributed by atoms with Gasteiger partial charge in [-0.2, -0.15) is 0 Å². The molecule has 1 heterocycles. The number of carbonyl (C=O) groups excluding carboxylic acids is 1. The summed E-state index contributed by atoms with van der Waals surface area (Å²) in [5.74, 6) is -0.796. The van der Waals surface area contributed by atoms with Crippen LogP contribution in [0, 0.1) is 0 Å². The third-order valence-corrected chi connectivity index (χ3v) is 1.99. The van der Waals surface area contributed by atoms with Gasteiger partial charge in [-0.15, -0.1) is 0 Å². The molecule has 0 aliphatic rings. The van der Waals surface area contributed by atoms with E-state index in [-0.39, 0.29) is 10.8 Å². The zero-order valence-electron chi connectivity index (χ0n) is 7.19. The maximum atomic E-state index is 11.2. The van der Waals surface area contributed by atoms with Gasteiger partial charge >= 0.3 is 0 Å². The van der Waals surface area contributed by atoms with Gasteiger partial charge in [0.1, 0.15) is 10.8 Å². The molecule has 0 bridgehead atoms. The van der Waals surface area contributed by atoms with Crippen molar-refractivity contribution in [3.63, 3.8) is 0 Å². The van der Waals surface area contributed by atoms with Crippen LogP contribution in [0.4, 0.5) is 0 Å². The topological polar surface area (TPSA) is 76.1 Å². The molecule has 0 spiro atoms. The Kier molecular flexibility index (Phi) is 3.07. The van der Waals surface area contributed by atoms with Crippen LogP contribution in [0.15, 0.2) is 18.2 Å². The van der Waals surface area contributed by atoms with Crippen molar-refractivity contribution in [1.29, 1.82) is 0 Å². The van der Waals surface area contributed by atoms with Gasteiger partial charge in [0, 0.05) is 0 Å². The lowest BCUT2D eigenvalue weighted by Gasteiger charge is -2.01. The van der Waals surface area contributed by atoms with Crippen molar-refractivity contribution in [3.8, 4) is 0 Å². The Labute approximate surface area is 86.2 Å². The van der Waals surface area contributed by atoms with E-state index >= 15 is 0 Å². The predicted molar refractivity (Wildman–Crippen MR) is 51.6 cm³/mol. The molecule has 14 heavy (non-hydrogen) atoms. The van der Waals surface area contributed by atoms with Gasteiger partial charge in [0.05, 0.1) is 6.26 Å². The molecule has 0 aromatic carbocycles. The SMILES string of the molecule is CS(=O)(=O)NC(=O)c1cccc(Cl)n1. The Morgan fingerprint density at radius 3 is 2.64 bits per heavy atom. The van der Waals surface area contributed by atoms with Gasteiger partial charge in [-0.1, -0.05) is 17.7 Å². The van der Waals surface area contributed by atoms with Crippen molar-refractivity contribution in [2.75, 3.05) is 6.26 Å². The second kappa shape index (κ2) is 3.93. The highest BCUT2D eigenvalue weighted by molar-refractivity contribution is 7.89. The fourth-order valence-corrected chi connectivity index (χ4v) is 1.36. The third-order valence-electron chi connectivity index (χ3n) is 1.23. The Balaban J connectivity index is 2.91. The summed E-state index contributed by atoms with van der Waals surface area (Å²) in [5.41, 5.74) is -0.0390. The van der Waals surface area contributed by atoms with Crippen LogP contribution < -0.4 is 4.72 Å². The summed E-state index contributed by atoms with van der Waals surface area (Å²) in [6.45, 7) is 0. The first-order valence-corrected chi connectivity index (χ1v) is 5.80. The second-order valence-corrected chi connectivity index (χ2v) is 4.68. The van der Waals surface area contributed by atoms with Crippen LogP contribution >= 0.6 is 11.6 Å². The van der Waals surface area contributed by atoms with E-state index < -0.39 is 15.9 Å². The molecule has 0 saturated heterocycles. The first-order valence-electron chi connectivity index (χ1n) is 3.53. The third kappa shape index (κ3) is 3.31. The zero-order chi connectivity index (χ0) is 10.8.